The first-order valence-electron chi connectivity index (χ1n) is 8.72. The summed E-state index contributed by atoms with van der Waals surface area (Å²) in [5, 5.41) is 7.67. The van der Waals surface area contributed by atoms with E-state index < -0.39 is 0 Å². The van der Waals surface area contributed by atoms with Crippen molar-refractivity contribution in [1.82, 2.24) is 15.4 Å². The van der Waals surface area contributed by atoms with Crippen molar-refractivity contribution in [3.63, 3.8) is 0 Å². The largest absolute Gasteiger partial charge is 0.356 e. The Labute approximate surface area is 144 Å². The quantitative estimate of drug-likeness (QED) is 0.922. The Hall–Kier alpha value is -2.44. The Morgan fingerprint density at radius 3 is 2.72 bits per heavy atom. The van der Waals surface area contributed by atoms with E-state index in [0.717, 1.165) is 36.8 Å². The highest BCUT2D eigenvalue weighted by molar-refractivity contribution is 5.87. The molecule has 132 valence electrons. The highest BCUT2D eigenvalue weighted by Crippen LogP contribution is 2.33. The van der Waals surface area contributed by atoms with E-state index in [1.165, 1.54) is 12.1 Å². The maximum atomic E-state index is 13.2. The van der Waals surface area contributed by atoms with Crippen LogP contribution >= 0.6 is 0 Å². The van der Waals surface area contributed by atoms with Crippen molar-refractivity contribution in [2.24, 2.45) is 5.92 Å². The molecule has 4 rings (SSSR count). The van der Waals surface area contributed by atoms with Gasteiger partial charge in [0.15, 0.2) is 5.58 Å². The summed E-state index contributed by atoms with van der Waals surface area (Å²) < 4.78 is 18.5. The number of carbonyl (C=O) groups excluding carboxylic acids is 2. The fraction of sp³-hybridized carbons (Fsp3) is 0.500. The Balaban J connectivity index is 1.34. The number of likely N-dealkylation sites (tertiary alicyclic amines) is 1. The number of carbonyl (C=O) groups is 2. The summed E-state index contributed by atoms with van der Waals surface area (Å²) in [6, 6.07) is 4.44. The van der Waals surface area contributed by atoms with Gasteiger partial charge in [-0.15, -0.1) is 0 Å². The highest BCUT2D eigenvalue weighted by atomic mass is 19.1. The Bertz CT molecular complexity index is 807. The first-order valence-corrected chi connectivity index (χ1v) is 8.72. The molecule has 1 N–H and O–H groups in total. The van der Waals surface area contributed by atoms with Crippen LogP contribution in [0.1, 0.15) is 37.3 Å². The van der Waals surface area contributed by atoms with Crippen molar-refractivity contribution in [3.8, 4) is 0 Å². The molecule has 2 aromatic rings. The average molecular weight is 345 g/mol. The van der Waals surface area contributed by atoms with Gasteiger partial charge in [0.25, 0.3) is 0 Å². The number of halogens is 1. The Morgan fingerprint density at radius 2 is 2.00 bits per heavy atom. The minimum absolute atomic E-state index is 0.00969. The summed E-state index contributed by atoms with van der Waals surface area (Å²) in [6.45, 7) is 1.32. The van der Waals surface area contributed by atoms with Gasteiger partial charge in [-0.25, -0.2) is 4.39 Å². The maximum Gasteiger partial charge on any atom is 0.241 e. The van der Waals surface area contributed by atoms with Gasteiger partial charge in [-0.3, -0.25) is 9.59 Å². The minimum atomic E-state index is -0.344. The average Bonchev–Trinajstić information content (AvgIpc) is 3.40. The first kappa shape index (κ1) is 16.1. The van der Waals surface area contributed by atoms with E-state index in [1.807, 2.05) is 0 Å². The molecule has 2 fully saturated rings. The molecule has 1 aromatic heterocycles. The third-order valence-corrected chi connectivity index (χ3v) is 5.06. The topological polar surface area (TPSA) is 75.4 Å². The number of aromatic nitrogens is 1. The van der Waals surface area contributed by atoms with Crippen molar-refractivity contribution in [2.75, 3.05) is 19.6 Å². The maximum absolute atomic E-state index is 13.2. The molecule has 2 heterocycles. The molecule has 0 bridgehead atoms. The van der Waals surface area contributed by atoms with Gasteiger partial charge in [0.05, 0.1) is 12.2 Å². The minimum Gasteiger partial charge on any atom is -0.356 e. The third kappa shape index (κ3) is 3.36. The molecule has 1 saturated carbocycles. The fourth-order valence-corrected chi connectivity index (χ4v) is 3.39. The molecule has 0 unspecified atom stereocenters. The lowest BCUT2D eigenvalue weighted by Gasteiger charge is -2.31. The van der Waals surface area contributed by atoms with Crippen molar-refractivity contribution in [1.29, 1.82) is 0 Å². The number of hydrogen-bond acceptors (Lipinski definition) is 4. The molecule has 0 radical (unpaired) electrons. The summed E-state index contributed by atoms with van der Waals surface area (Å²) in [4.78, 5) is 25.6. The number of hydrogen-bond donors (Lipinski definition) is 1. The molecule has 6 nitrogen and oxygen atoms in total. The van der Waals surface area contributed by atoms with Crippen LogP contribution in [0.25, 0.3) is 11.0 Å². The summed E-state index contributed by atoms with van der Waals surface area (Å²) in [6.07, 6.45) is 3.42. The highest BCUT2D eigenvalue weighted by Gasteiger charge is 2.31. The molecule has 1 aromatic carbocycles. The lowest BCUT2D eigenvalue weighted by Crippen LogP contribution is -2.44. The fourth-order valence-electron chi connectivity index (χ4n) is 3.39. The van der Waals surface area contributed by atoms with Crippen LogP contribution in [0.2, 0.25) is 0 Å². The molecule has 1 saturated heterocycles. The number of benzene rings is 1. The molecule has 1 aliphatic carbocycles. The Kier molecular flexibility index (Phi) is 4.15. The number of rotatable bonds is 4. The molecule has 25 heavy (non-hydrogen) atoms. The zero-order chi connectivity index (χ0) is 17.4. The SMILES string of the molecule is O=C(NCC(=O)N1CCC(c2noc3cc(F)ccc23)CC1)C1CC1. The first-order chi connectivity index (χ1) is 12.1. The van der Waals surface area contributed by atoms with E-state index in [1.54, 1.807) is 11.0 Å². The van der Waals surface area contributed by atoms with Gasteiger partial charge in [0.2, 0.25) is 11.8 Å². The summed E-state index contributed by atoms with van der Waals surface area (Å²) in [5.74, 6) is -0.0893. The van der Waals surface area contributed by atoms with Crippen molar-refractivity contribution in [3.05, 3.63) is 29.7 Å². The standard InChI is InChI=1S/C18H20FN3O3/c19-13-3-4-14-15(9-13)25-21-17(14)11-5-7-22(8-6-11)16(23)10-20-18(24)12-1-2-12/h3-4,9,11-12H,1-2,5-8,10H2,(H,20,24). The lowest BCUT2D eigenvalue weighted by molar-refractivity contribution is -0.134. The molecular formula is C18H20FN3O3. The van der Waals surface area contributed by atoms with Gasteiger partial charge in [0.1, 0.15) is 5.82 Å². The monoisotopic (exact) mass is 345 g/mol. The number of piperidine rings is 1. The van der Waals surface area contributed by atoms with Crippen molar-refractivity contribution < 1.29 is 18.5 Å². The van der Waals surface area contributed by atoms with Gasteiger partial charge in [-0.05, 0) is 37.8 Å². The number of amides is 2. The van der Waals surface area contributed by atoms with E-state index in [2.05, 4.69) is 10.5 Å². The summed E-state index contributed by atoms with van der Waals surface area (Å²) >= 11 is 0. The van der Waals surface area contributed by atoms with Crippen molar-refractivity contribution in [2.45, 2.75) is 31.6 Å². The van der Waals surface area contributed by atoms with E-state index in [4.69, 9.17) is 4.52 Å². The van der Waals surface area contributed by atoms with E-state index in [0.29, 0.717) is 18.7 Å². The van der Waals surface area contributed by atoms with E-state index in [9.17, 15) is 14.0 Å². The smallest absolute Gasteiger partial charge is 0.241 e. The molecule has 1 aliphatic heterocycles. The number of nitrogens with one attached hydrogen (secondary N) is 1. The van der Waals surface area contributed by atoms with Gasteiger partial charge < -0.3 is 14.7 Å². The molecular weight excluding hydrogens is 325 g/mol. The molecule has 0 spiro atoms. The number of fused-ring (bicyclic) bond motifs is 1. The van der Waals surface area contributed by atoms with Crippen LogP contribution in [-0.4, -0.2) is 41.5 Å². The molecule has 2 amide bonds. The van der Waals surface area contributed by atoms with Crippen LogP contribution in [0, 0.1) is 11.7 Å². The van der Waals surface area contributed by atoms with Gasteiger partial charge in [-0.1, -0.05) is 5.16 Å². The molecule has 0 atom stereocenters. The van der Waals surface area contributed by atoms with Gasteiger partial charge in [0, 0.05) is 36.4 Å². The number of nitrogens with zero attached hydrogens (tertiary/aromatic N) is 2. The molecule has 7 heteroatoms. The Morgan fingerprint density at radius 1 is 1.24 bits per heavy atom. The van der Waals surface area contributed by atoms with Crippen LogP contribution < -0.4 is 5.32 Å². The second kappa shape index (κ2) is 6.46. The zero-order valence-electron chi connectivity index (χ0n) is 13.8. The van der Waals surface area contributed by atoms with Crippen LogP contribution in [0.4, 0.5) is 4.39 Å². The van der Waals surface area contributed by atoms with Crippen LogP contribution in [0.5, 0.6) is 0 Å². The molecule has 2 aliphatic rings. The lowest BCUT2D eigenvalue weighted by atomic mass is 9.91. The van der Waals surface area contributed by atoms with Crippen LogP contribution in [0.3, 0.4) is 0 Å². The van der Waals surface area contributed by atoms with E-state index >= 15 is 0 Å². The second-order valence-corrected chi connectivity index (χ2v) is 6.86. The van der Waals surface area contributed by atoms with Gasteiger partial charge in [-0.2, -0.15) is 0 Å². The normalized spacial score (nSPS) is 18.5. The van der Waals surface area contributed by atoms with Crippen molar-refractivity contribution >= 4 is 22.8 Å². The predicted molar refractivity (Wildman–Crippen MR) is 88.3 cm³/mol. The third-order valence-electron chi connectivity index (χ3n) is 5.06. The van der Waals surface area contributed by atoms with Crippen LogP contribution in [-0.2, 0) is 9.59 Å². The second-order valence-electron chi connectivity index (χ2n) is 6.86. The van der Waals surface area contributed by atoms with Gasteiger partial charge >= 0.3 is 0 Å². The zero-order valence-corrected chi connectivity index (χ0v) is 13.8. The van der Waals surface area contributed by atoms with E-state index in [-0.39, 0.29) is 36.0 Å². The summed E-state index contributed by atoms with van der Waals surface area (Å²) in [5.41, 5.74) is 1.29. The summed E-state index contributed by atoms with van der Waals surface area (Å²) in [7, 11) is 0. The van der Waals surface area contributed by atoms with Crippen LogP contribution in [0.15, 0.2) is 22.7 Å². The predicted octanol–water partition coefficient (Wildman–Crippen LogP) is 2.20.